The third-order valence-electron chi connectivity index (χ3n) is 4.76. The zero-order valence-electron chi connectivity index (χ0n) is 12.8. The minimum absolute atomic E-state index is 0.0557. The molecule has 0 aromatic heterocycles. The van der Waals surface area contributed by atoms with Crippen LogP contribution in [0.3, 0.4) is 0 Å². The van der Waals surface area contributed by atoms with Gasteiger partial charge >= 0.3 is 0 Å². The summed E-state index contributed by atoms with van der Waals surface area (Å²) in [4.78, 5) is 2.25. The van der Waals surface area contributed by atoms with E-state index >= 15 is 0 Å². The van der Waals surface area contributed by atoms with Gasteiger partial charge in [0.15, 0.2) is 5.72 Å². The first-order valence-corrected chi connectivity index (χ1v) is 7.45. The Morgan fingerprint density at radius 1 is 1.10 bits per heavy atom. The molecule has 0 radical (unpaired) electrons. The van der Waals surface area contributed by atoms with E-state index in [9.17, 15) is 0 Å². The van der Waals surface area contributed by atoms with Gasteiger partial charge < -0.3 is 9.64 Å². The van der Waals surface area contributed by atoms with Crippen molar-refractivity contribution in [2.24, 2.45) is 15.6 Å². The van der Waals surface area contributed by atoms with Crippen LogP contribution in [-0.2, 0) is 4.74 Å². The van der Waals surface area contributed by atoms with Crippen molar-refractivity contribution >= 4 is 5.69 Å². The molecule has 4 heteroatoms. The van der Waals surface area contributed by atoms with Crippen LogP contribution in [0.15, 0.2) is 40.6 Å². The van der Waals surface area contributed by atoms with Crippen LogP contribution >= 0.6 is 0 Å². The molecule has 0 amide bonds. The lowest BCUT2D eigenvalue weighted by Gasteiger charge is -2.62. The van der Waals surface area contributed by atoms with Gasteiger partial charge in [0.2, 0.25) is 0 Å². The van der Waals surface area contributed by atoms with Crippen LogP contribution in [-0.4, -0.2) is 18.1 Å². The molecule has 1 aromatic rings. The number of benzene rings is 1. The molecule has 2 heterocycles. The molecular formula is C16H23N3O. The molecular weight excluding hydrogens is 250 g/mol. The molecule has 20 heavy (non-hydrogen) atoms. The highest BCUT2D eigenvalue weighted by Crippen LogP contribution is 2.59. The smallest absolute Gasteiger partial charge is 0.267 e. The van der Waals surface area contributed by atoms with Crippen molar-refractivity contribution in [1.82, 2.24) is 0 Å². The Morgan fingerprint density at radius 3 is 2.25 bits per heavy atom. The van der Waals surface area contributed by atoms with E-state index in [1.807, 2.05) is 19.9 Å². The molecule has 0 saturated carbocycles. The molecule has 4 nitrogen and oxygen atoms in total. The molecule has 2 aliphatic rings. The number of azo groups is 1. The lowest BCUT2D eigenvalue weighted by Crippen LogP contribution is -2.74. The maximum absolute atomic E-state index is 6.33. The van der Waals surface area contributed by atoms with Crippen molar-refractivity contribution < 1.29 is 4.74 Å². The summed E-state index contributed by atoms with van der Waals surface area (Å²) in [7, 11) is 0. The average Bonchev–Trinajstić information content (AvgIpc) is 2.79. The van der Waals surface area contributed by atoms with Crippen molar-refractivity contribution in [1.29, 1.82) is 0 Å². The fourth-order valence-corrected chi connectivity index (χ4v) is 3.42. The first-order valence-electron chi connectivity index (χ1n) is 7.45. The van der Waals surface area contributed by atoms with Crippen molar-refractivity contribution in [3.05, 3.63) is 30.3 Å². The van der Waals surface area contributed by atoms with Gasteiger partial charge in [0.1, 0.15) is 0 Å². The van der Waals surface area contributed by atoms with Crippen molar-refractivity contribution in [3.8, 4) is 0 Å². The largest absolute Gasteiger partial charge is 0.322 e. The van der Waals surface area contributed by atoms with Gasteiger partial charge in [0.25, 0.3) is 5.85 Å². The predicted molar refractivity (Wildman–Crippen MR) is 79.6 cm³/mol. The van der Waals surface area contributed by atoms with Crippen LogP contribution in [0, 0.1) is 5.41 Å². The topological polar surface area (TPSA) is 37.2 Å². The van der Waals surface area contributed by atoms with Gasteiger partial charge in [-0.2, -0.15) is 5.11 Å². The van der Waals surface area contributed by atoms with Crippen LogP contribution in [0.1, 0.15) is 40.5 Å². The van der Waals surface area contributed by atoms with Crippen LogP contribution in [0.5, 0.6) is 0 Å². The third kappa shape index (κ3) is 1.64. The maximum atomic E-state index is 6.33. The fraction of sp³-hybridized carbons (Fsp3) is 0.625. The molecule has 1 saturated heterocycles. The Hall–Kier alpha value is -1.42. The number of hydrogen-bond donors (Lipinski definition) is 0. The zero-order valence-corrected chi connectivity index (χ0v) is 12.8. The Balaban J connectivity index is 2.02. The van der Waals surface area contributed by atoms with E-state index in [4.69, 9.17) is 4.74 Å². The number of para-hydroxylation sites is 1. The maximum Gasteiger partial charge on any atom is 0.267 e. The van der Waals surface area contributed by atoms with Gasteiger partial charge in [-0.25, -0.2) is 0 Å². The summed E-state index contributed by atoms with van der Waals surface area (Å²) < 4.78 is 6.33. The fourth-order valence-electron chi connectivity index (χ4n) is 3.42. The van der Waals surface area contributed by atoms with E-state index < -0.39 is 11.6 Å². The predicted octanol–water partition coefficient (Wildman–Crippen LogP) is 4.19. The minimum Gasteiger partial charge on any atom is -0.322 e. The van der Waals surface area contributed by atoms with E-state index in [1.165, 1.54) is 0 Å². The minimum atomic E-state index is -0.624. The number of anilines is 1. The number of ether oxygens (including phenoxy) is 1. The quantitative estimate of drug-likeness (QED) is 0.828. The van der Waals surface area contributed by atoms with Crippen LogP contribution in [0.25, 0.3) is 0 Å². The van der Waals surface area contributed by atoms with Gasteiger partial charge in [0, 0.05) is 12.2 Å². The molecule has 0 N–H and O–H groups in total. The monoisotopic (exact) mass is 273 g/mol. The third-order valence-corrected chi connectivity index (χ3v) is 4.76. The first-order chi connectivity index (χ1) is 9.49. The first kappa shape index (κ1) is 13.6. The Bertz CT molecular complexity index is 522. The highest BCUT2D eigenvalue weighted by molar-refractivity contribution is 5.53. The lowest BCUT2D eigenvalue weighted by atomic mass is 9.68. The highest BCUT2D eigenvalue weighted by atomic mass is 16.6. The van der Waals surface area contributed by atoms with E-state index in [2.05, 4.69) is 53.2 Å². The second kappa shape index (κ2) is 4.29. The summed E-state index contributed by atoms with van der Waals surface area (Å²) in [5.74, 6) is -0.624. The molecule has 1 spiro atoms. The molecule has 0 bridgehead atoms. The molecule has 2 aliphatic heterocycles. The van der Waals surface area contributed by atoms with Gasteiger partial charge in [-0.15, -0.1) is 5.11 Å². The van der Waals surface area contributed by atoms with Crippen molar-refractivity contribution in [3.63, 3.8) is 0 Å². The summed E-state index contributed by atoms with van der Waals surface area (Å²) in [5, 5.41) is 8.98. The van der Waals surface area contributed by atoms with Gasteiger partial charge in [-0.05, 0) is 38.8 Å². The summed E-state index contributed by atoms with van der Waals surface area (Å²) in [6.07, 6.45) is 2.09. The molecule has 108 valence electrons. The Kier molecular flexibility index (Phi) is 2.91. The summed E-state index contributed by atoms with van der Waals surface area (Å²) >= 11 is 0. The highest BCUT2D eigenvalue weighted by Gasteiger charge is 2.68. The second-order valence-corrected chi connectivity index (χ2v) is 6.27. The van der Waals surface area contributed by atoms with Gasteiger partial charge in [-0.3, -0.25) is 0 Å². The van der Waals surface area contributed by atoms with E-state index in [0.29, 0.717) is 0 Å². The Morgan fingerprint density at radius 2 is 1.75 bits per heavy atom. The number of rotatable bonds is 3. The Labute approximate surface area is 120 Å². The SMILES string of the molecule is CCC1(CC)CN(c2ccccc2)C12N=NC(C)(C)O2. The van der Waals surface area contributed by atoms with Crippen molar-refractivity contribution in [2.75, 3.05) is 11.4 Å². The normalized spacial score (nSPS) is 29.7. The summed E-state index contributed by atoms with van der Waals surface area (Å²) in [6, 6.07) is 10.4. The lowest BCUT2D eigenvalue weighted by molar-refractivity contribution is -0.209. The molecule has 1 atom stereocenters. The van der Waals surface area contributed by atoms with E-state index in [1.54, 1.807) is 0 Å². The van der Waals surface area contributed by atoms with Crippen LogP contribution in [0.4, 0.5) is 5.69 Å². The zero-order chi connectivity index (χ0) is 14.4. The molecule has 1 unspecified atom stereocenters. The number of hydrogen-bond acceptors (Lipinski definition) is 4. The van der Waals surface area contributed by atoms with Crippen LogP contribution < -0.4 is 4.90 Å². The second-order valence-electron chi connectivity index (χ2n) is 6.27. The van der Waals surface area contributed by atoms with Gasteiger partial charge in [0.05, 0.1) is 5.41 Å². The molecule has 3 rings (SSSR count). The van der Waals surface area contributed by atoms with Gasteiger partial charge in [-0.1, -0.05) is 32.0 Å². The van der Waals surface area contributed by atoms with Crippen molar-refractivity contribution in [2.45, 2.75) is 52.1 Å². The summed E-state index contributed by atoms with van der Waals surface area (Å²) in [5.41, 5.74) is 0.671. The summed E-state index contributed by atoms with van der Waals surface area (Å²) in [6.45, 7) is 9.36. The molecule has 0 aliphatic carbocycles. The molecule has 1 fully saturated rings. The number of nitrogens with zero attached hydrogens (tertiary/aromatic N) is 3. The van der Waals surface area contributed by atoms with E-state index in [-0.39, 0.29) is 5.41 Å². The molecule has 1 aromatic carbocycles. The average molecular weight is 273 g/mol. The van der Waals surface area contributed by atoms with E-state index in [0.717, 1.165) is 25.1 Å². The van der Waals surface area contributed by atoms with Crippen LogP contribution in [0.2, 0.25) is 0 Å². The standard InChI is InChI=1S/C16H23N3O/c1-5-15(6-2)12-19(13-10-8-7-9-11-13)16(15)18-17-14(3,4)20-16/h7-11H,5-6,12H2,1-4H3.